The Labute approximate surface area is 215 Å². The third-order valence-corrected chi connectivity index (χ3v) is 6.75. The summed E-state index contributed by atoms with van der Waals surface area (Å²) in [5.41, 5.74) is 0.841. The van der Waals surface area contributed by atoms with Crippen LogP contribution in [0.3, 0.4) is 0 Å². The number of nitrogens with one attached hydrogen (secondary N) is 1. The summed E-state index contributed by atoms with van der Waals surface area (Å²) in [6.45, 7) is 0. The van der Waals surface area contributed by atoms with Gasteiger partial charge in [0.2, 0.25) is 0 Å². The fraction of sp³-hybridized carbons (Fsp3) is 0.0833. The molecule has 3 aromatic carbocycles. The van der Waals surface area contributed by atoms with E-state index < -0.39 is 11.8 Å². The molecule has 10 heteroatoms. The number of methoxy groups -OCH3 is 2. The normalized spacial score (nSPS) is 13.5. The van der Waals surface area contributed by atoms with Crippen LogP contribution < -0.4 is 19.7 Å². The molecule has 6 nitrogen and oxygen atoms in total. The molecule has 1 aliphatic heterocycles. The highest BCUT2D eigenvalue weighted by molar-refractivity contribution is 8.04. The summed E-state index contributed by atoms with van der Waals surface area (Å²) in [5, 5.41) is 4.32. The number of anilines is 2. The van der Waals surface area contributed by atoms with Gasteiger partial charge in [0.05, 0.1) is 24.9 Å². The van der Waals surface area contributed by atoms with E-state index in [-0.39, 0.29) is 16.3 Å². The lowest BCUT2D eigenvalue weighted by molar-refractivity contribution is -0.120. The molecule has 1 aliphatic rings. The molecule has 0 spiro atoms. The first-order chi connectivity index (χ1) is 16.3. The summed E-state index contributed by atoms with van der Waals surface area (Å²) < 4.78 is 10.6. The molecule has 0 fully saturated rings. The zero-order valence-corrected chi connectivity index (χ0v) is 21.0. The summed E-state index contributed by atoms with van der Waals surface area (Å²) in [6, 6.07) is 16.6. The van der Waals surface area contributed by atoms with Gasteiger partial charge in [-0.3, -0.25) is 9.59 Å². The van der Waals surface area contributed by atoms with Crippen molar-refractivity contribution in [2.75, 3.05) is 24.4 Å². The maximum Gasteiger partial charge on any atom is 0.283 e. The van der Waals surface area contributed by atoms with Crippen molar-refractivity contribution in [1.29, 1.82) is 0 Å². The Kier molecular flexibility index (Phi) is 7.28. The maximum atomic E-state index is 13.6. The summed E-state index contributed by atoms with van der Waals surface area (Å²) in [7, 11) is 2.96. The average molecular weight is 536 g/mol. The van der Waals surface area contributed by atoms with Crippen LogP contribution in [0.25, 0.3) is 0 Å². The quantitative estimate of drug-likeness (QED) is 0.342. The molecule has 0 aromatic heterocycles. The van der Waals surface area contributed by atoms with Crippen molar-refractivity contribution in [2.24, 2.45) is 0 Å². The van der Waals surface area contributed by atoms with Crippen LogP contribution in [0.2, 0.25) is 15.1 Å². The Morgan fingerprint density at radius 2 is 1.44 bits per heavy atom. The van der Waals surface area contributed by atoms with Gasteiger partial charge in [-0.25, -0.2) is 4.90 Å². The van der Waals surface area contributed by atoms with E-state index in [0.29, 0.717) is 32.3 Å². The molecule has 174 valence electrons. The Balaban J connectivity index is 1.78. The van der Waals surface area contributed by atoms with Crippen LogP contribution in [-0.4, -0.2) is 26.0 Å². The number of nitrogens with zero attached hydrogens (tertiary/aromatic N) is 1. The summed E-state index contributed by atoms with van der Waals surface area (Å²) >= 11 is 19.5. The predicted molar refractivity (Wildman–Crippen MR) is 136 cm³/mol. The second-order valence-corrected chi connectivity index (χ2v) is 9.36. The number of hydrogen-bond donors (Lipinski definition) is 1. The monoisotopic (exact) mass is 534 g/mol. The van der Waals surface area contributed by atoms with E-state index in [1.807, 2.05) is 0 Å². The van der Waals surface area contributed by atoms with E-state index in [4.69, 9.17) is 44.3 Å². The van der Waals surface area contributed by atoms with Crippen LogP contribution in [0.15, 0.2) is 76.2 Å². The van der Waals surface area contributed by atoms with Crippen molar-refractivity contribution in [3.63, 3.8) is 0 Å². The second-order valence-electron chi connectivity index (χ2n) is 7.00. The van der Waals surface area contributed by atoms with Gasteiger partial charge >= 0.3 is 0 Å². The van der Waals surface area contributed by atoms with E-state index in [1.54, 1.807) is 54.6 Å². The molecular weight excluding hydrogens is 519 g/mol. The molecule has 0 saturated heterocycles. The van der Waals surface area contributed by atoms with Gasteiger partial charge in [-0.05, 0) is 60.7 Å². The first kappa shape index (κ1) is 24.3. The van der Waals surface area contributed by atoms with Gasteiger partial charge < -0.3 is 14.8 Å². The minimum Gasteiger partial charge on any atom is -0.495 e. The number of halogens is 3. The summed E-state index contributed by atoms with van der Waals surface area (Å²) in [4.78, 5) is 29.1. The number of rotatable bonds is 7. The SMILES string of the molecule is COc1ccc(NC2=C(Sc3ccc(Cl)cc3)C(=O)N(c3cc(Cl)ccc3OC)C2=O)cc1Cl. The zero-order valence-electron chi connectivity index (χ0n) is 17.9. The summed E-state index contributed by atoms with van der Waals surface area (Å²) in [5.74, 6) is -0.270. The fourth-order valence-corrected chi connectivity index (χ4v) is 4.76. The van der Waals surface area contributed by atoms with Crippen LogP contribution in [0, 0.1) is 0 Å². The maximum absolute atomic E-state index is 13.6. The standard InChI is InChI=1S/C24H17Cl3N2O4S/c1-32-19-10-6-15(12-17(19)27)28-21-22(34-16-7-3-13(25)4-8-16)24(31)29(23(21)30)18-11-14(26)5-9-20(18)33-2/h3-12,28H,1-2H3. The molecule has 0 aliphatic carbocycles. The van der Waals surface area contributed by atoms with Crippen LogP contribution in [0.4, 0.5) is 11.4 Å². The highest BCUT2D eigenvalue weighted by atomic mass is 35.5. The van der Waals surface area contributed by atoms with Gasteiger partial charge in [0.15, 0.2) is 0 Å². The van der Waals surface area contributed by atoms with Crippen LogP contribution in [0.1, 0.15) is 0 Å². The first-order valence-corrected chi connectivity index (χ1v) is 11.8. The van der Waals surface area contributed by atoms with E-state index in [1.165, 1.54) is 20.3 Å². The fourth-order valence-electron chi connectivity index (χ4n) is 3.28. The number of carbonyl (C=O) groups excluding carboxylic acids is 2. The van der Waals surface area contributed by atoms with Crippen molar-refractivity contribution in [3.05, 3.63) is 86.3 Å². The van der Waals surface area contributed by atoms with Crippen molar-refractivity contribution in [3.8, 4) is 11.5 Å². The number of hydrogen-bond acceptors (Lipinski definition) is 6. The van der Waals surface area contributed by atoms with Crippen LogP contribution in [0.5, 0.6) is 11.5 Å². The lowest BCUT2D eigenvalue weighted by Gasteiger charge is -2.18. The second kappa shape index (κ2) is 10.2. The third-order valence-electron chi connectivity index (χ3n) is 4.88. The smallest absolute Gasteiger partial charge is 0.283 e. The van der Waals surface area contributed by atoms with E-state index in [2.05, 4.69) is 5.32 Å². The molecule has 4 rings (SSSR count). The predicted octanol–water partition coefficient (Wildman–Crippen LogP) is 6.65. The van der Waals surface area contributed by atoms with E-state index in [9.17, 15) is 9.59 Å². The van der Waals surface area contributed by atoms with Gasteiger partial charge in [0.25, 0.3) is 11.8 Å². The van der Waals surface area contributed by atoms with E-state index in [0.717, 1.165) is 21.6 Å². The number of imide groups is 1. The largest absolute Gasteiger partial charge is 0.495 e. The highest BCUT2D eigenvalue weighted by Crippen LogP contribution is 2.42. The van der Waals surface area contributed by atoms with Gasteiger partial charge in [0, 0.05) is 20.6 Å². The molecule has 1 N–H and O–H groups in total. The lowest BCUT2D eigenvalue weighted by atomic mass is 10.2. The van der Waals surface area contributed by atoms with Crippen molar-refractivity contribution < 1.29 is 19.1 Å². The van der Waals surface area contributed by atoms with Crippen LogP contribution in [-0.2, 0) is 9.59 Å². The highest BCUT2D eigenvalue weighted by Gasteiger charge is 2.41. The molecule has 0 radical (unpaired) electrons. The van der Waals surface area contributed by atoms with E-state index >= 15 is 0 Å². The summed E-state index contributed by atoms with van der Waals surface area (Å²) in [6.07, 6.45) is 0. The van der Waals surface area contributed by atoms with Crippen LogP contribution >= 0.6 is 46.6 Å². The van der Waals surface area contributed by atoms with Crippen molar-refractivity contribution >= 4 is 69.8 Å². The van der Waals surface area contributed by atoms with Gasteiger partial charge in [-0.1, -0.05) is 46.6 Å². The molecule has 0 atom stereocenters. The molecule has 3 aromatic rings. The number of thioether (sulfide) groups is 1. The number of amides is 2. The Bertz CT molecular complexity index is 1310. The Hall–Kier alpha value is -2.84. The van der Waals surface area contributed by atoms with Crippen molar-refractivity contribution in [2.45, 2.75) is 4.90 Å². The lowest BCUT2D eigenvalue weighted by Crippen LogP contribution is -2.32. The minimum absolute atomic E-state index is 0.0909. The van der Waals surface area contributed by atoms with Gasteiger partial charge in [-0.2, -0.15) is 0 Å². The Morgan fingerprint density at radius 3 is 2.09 bits per heavy atom. The van der Waals surface area contributed by atoms with Crippen molar-refractivity contribution in [1.82, 2.24) is 0 Å². The molecule has 0 saturated carbocycles. The number of ether oxygens (including phenoxy) is 2. The minimum atomic E-state index is -0.561. The first-order valence-electron chi connectivity index (χ1n) is 9.83. The topological polar surface area (TPSA) is 67.9 Å². The molecule has 2 amide bonds. The number of benzene rings is 3. The Morgan fingerprint density at radius 1 is 0.794 bits per heavy atom. The van der Waals surface area contributed by atoms with Gasteiger partial charge in [0.1, 0.15) is 22.1 Å². The molecular formula is C24H17Cl3N2O4S. The molecule has 34 heavy (non-hydrogen) atoms. The third kappa shape index (κ3) is 4.83. The molecule has 1 heterocycles. The molecule has 0 unspecified atom stereocenters. The average Bonchev–Trinajstić information content (AvgIpc) is 3.04. The zero-order chi connectivity index (χ0) is 24.4. The molecule has 0 bridgehead atoms. The van der Waals surface area contributed by atoms with Gasteiger partial charge in [-0.15, -0.1) is 0 Å². The number of carbonyl (C=O) groups is 2.